The topological polar surface area (TPSA) is 53.2 Å². The molecule has 0 aliphatic heterocycles. The van der Waals surface area contributed by atoms with Crippen molar-refractivity contribution in [2.24, 2.45) is 0 Å². The summed E-state index contributed by atoms with van der Waals surface area (Å²) in [7, 11) is 0. The summed E-state index contributed by atoms with van der Waals surface area (Å²) in [5.41, 5.74) is 9.70. The van der Waals surface area contributed by atoms with Crippen molar-refractivity contribution in [1.82, 2.24) is 10.9 Å². The Morgan fingerprint density at radius 2 is 1.78 bits per heavy atom. The van der Waals surface area contributed by atoms with Crippen molar-refractivity contribution >= 4 is 28.9 Å². The molecule has 0 unspecified atom stereocenters. The minimum absolute atomic E-state index is 0.0985. The van der Waals surface area contributed by atoms with E-state index in [0.29, 0.717) is 18.0 Å². The molecule has 4 nitrogen and oxygen atoms in total. The first kappa shape index (κ1) is 17.0. The van der Waals surface area contributed by atoms with Crippen LogP contribution in [0.1, 0.15) is 23.1 Å². The molecule has 0 aromatic heterocycles. The van der Waals surface area contributed by atoms with Crippen molar-refractivity contribution in [2.75, 3.05) is 5.32 Å². The second-order valence-electron chi connectivity index (χ2n) is 5.43. The van der Waals surface area contributed by atoms with Crippen LogP contribution in [-0.4, -0.2) is 11.0 Å². The predicted molar refractivity (Wildman–Crippen MR) is 98.2 cm³/mol. The van der Waals surface area contributed by atoms with Gasteiger partial charge in [-0.15, -0.1) is 0 Å². The van der Waals surface area contributed by atoms with Crippen LogP contribution in [0.3, 0.4) is 0 Å². The van der Waals surface area contributed by atoms with Gasteiger partial charge in [-0.2, -0.15) is 0 Å². The van der Waals surface area contributed by atoms with Gasteiger partial charge in [0.1, 0.15) is 0 Å². The summed E-state index contributed by atoms with van der Waals surface area (Å²) in [5, 5.41) is 3.44. The van der Waals surface area contributed by atoms with E-state index < -0.39 is 0 Å². The Balaban J connectivity index is 1.74. The maximum absolute atomic E-state index is 11.8. The summed E-state index contributed by atoms with van der Waals surface area (Å²) in [6, 6.07) is 16.0. The van der Waals surface area contributed by atoms with E-state index in [1.54, 1.807) is 0 Å². The highest BCUT2D eigenvalue weighted by atomic mass is 32.1. The standard InChI is InChI=1S/C18H21N3OS/c1-13-8-10-16(14(2)12-13)19-18(23)21-20-17(22)11-9-15-6-4-3-5-7-15/h3-8,10,12H,9,11H2,1-2H3,(H,20,22)(H2,19,21,23). The zero-order valence-corrected chi connectivity index (χ0v) is 14.2. The van der Waals surface area contributed by atoms with E-state index in [0.717, 1.165) is 16.8 Å². The summed E-state index contributed by atoms with van der Waals surface area (Å²) >= 11 is 5.19. The van der Waals surface area contributed by atoms with Crippen LogP contribution in [-0.2, 0) is 11.2 Å². The lowest BCUT2D eigenvalue weighted by atomic mass is 10.1. The molecule has 3 N–H and O–H groups in total. The molecule has 0 bridgehead atoms. The van der Waals surface area contributed by atoms with Crippen molar-refractivity contribution in [1.29, 1.82) is 0 Å². The highest BCUT2D eigenvalue weighted by Gasteiger charge is 2.04. The first-order chi connectivity index (χ1) is 11.0. The number of aryl methyl sites for hydroxylation is 3. The summed E-state index contributed by atoms with van der Waals surface area (Å²) in [4.78, 5) is 11.8. The Labute approximate surface area is 142 Å². The van der Waals surface area contributed by atoms with Gasteiger partial charge in [-0.25, -0.2) is 0 Å². The third kappa shape index (κ3) is 5.71. The van der Waals surface area contributed by atoms with E-state index in [4.69, 9.17) is 12.2 Å². The largest absolute Gasteiger partial charge is 0.331 e. The maximum atomic E-state index is 11.8. The highest BCUT2D eigenvalue weighted by molar-refractivity contribution is 7.80. The van der Waals surface area contributed by atoms with Crippen LogP contribution in [0.5, 0.6) is 0 Å². The number of thiocarbonyl (C=S) groups is 1. The maximum Gasteiger partial charge on any atom is 0.238 e. The van der Waals surface area contributed by atoms with Gasteiger partial charge in [0.25, 0.3) is 0 Å². The number of hydrogen-bond donors (Lipinski definition) is 3. The second kappa shape index (κ2) is 8.29. The van der Waals surface area contributed by atoms with Gasteiger partial charge < -0.3 is 5.32 Å². The average molecular weight is 327 g/mol. The Hall–Kier alpha value is -2.40. The molecule has 0 aliphatic carbocycles. The Morgan fingerprint density at radius 1 is 1.04 bits per heavy atom. The van der Waals surface area contributed by atoms with Crippen molar-refractivity contribution < 1.29 is 4.79 Å². The van der Waals surface area contributed by atoms with Crippen LogP contribution >= 0.6 is 12.2 Å². The third-order valence-electron chi connectivity index (χ3n) is 3.43. The smallest absolute Gasteiger partial charge is 0.238 e. The Morgan fingerprint density at radius 3 is 2.48 bits per heavy atom. The fourth-order valence-electron chi connectivity index (χ4n) is 2.20. The number of amides is 1. The van der Waals surface area contributed by atoms with Crippen LogP contribution in [0.25, 0.3) is 0 Å². The first-order valence-corrected chi connectivity index (χ1v) is 7.92. The van der Waals surface area contributed by atoms with Gasteiger partial charge in [-0.1, -0.05) is 48.0 Å². The van der Waals surface area contributed by atoms with Gasteiger partial charge in [0.05, 0.1) is 0 Å². The molecule has 1 amide bonds. The molecule has 0 aliphatic rings. The van der Waals surface area contributed by atoms with E-state index in [2.05, 4.69) is 22.2 Å². The first-order valence-electron chi connectivity index (χ1n) is 7.51. The van der Waals surface area contributed by atoms with Gasteiger partial charge in [0, 0.05) is 12.1 Å². The molecule has 0 heterocycles. The lowest BCUT2D eigenvalue weighted by molar-refractivity contribution is -0.121. The van der Waals surface area contributed by atoms with Crippen LogP contribution in [0.4, 0.5) is 5.69 Å². The zero-order chi connectivity index (χ0) is 16.7. The quantitative estimate of drug-likeness (QED) is 0.596. The fourth-order valence-corrected chi connectivity index (χ4v) is 2.36. The normalized spacial score (nSPS) is 10.0. The van der Waals surface area contributed by atoms with E-state index >= 15 is 0 Å². The van der Waals surface area contributed by atoms with Crippen molar-refractivity contribution in [3.05, 3.63) is 65.2 Å². The molecule has 0 radical (unpaired) electrons. The van der Waals surface area contributed by atoms with Crippen LogP contribution in [0.15, 0.2) is 48.5 Å². The van der Waals surface area contributed by atoms with Crippen molar-refractivity contribution in [3.63, 3.8) is 0 Å². The lowest BCUT2D eigenvalue weighted by Crippen LogP contribution is -2.43. The number of carbonyl (C=O) groups excluding carboxylic acids is 1. The van der Waals surface area contributed by atoms with Crippen molar-refractivity contribution in [2.45, 2.75) is 26.7 Å². The molecule has 0 saturated heterocycles. The number of benzene rings is 2. The number of carbonyl (C=O) groups is 1. The minimum Gasteiger partial charge on any atom is -0.331 e. The molecule has 0 fully saturated rings. The van der Waals surface area contributed by atoms with Crippen LogP contribution in [0, 0.1) is 13.8 Å². The molecular formula is C18H21N3OS. The molecular weight excluding hydrogens is 306 g/mol. The average Bonchev–Trinajstić information content (AvgIpc) is 2.54. The molecule has 23 heavy (non-hydrogen) atoms. The third-order valence-corrected chi connectivity index (χ3v) is 3.63. The molecule has 2 aromatic carbocycles. The lowest BCUT2D eigenvalue weighted by Gasteiger charge is -2.13. The van der Waals surface area contributed by atoms with Gasteiger partial charge >= 0.3 is 0 Å². The summed E-state index contributed by atoms with van der Waals surface area (Å²) < 4.78 is 0. The number of hydrazine groups is 1. The SMILES string of the molecule is Cc1ccc(NC(=S)NNC(=O)CCc2ccccc2)c(C)c1. The van der Waals surface area contributed by atoms with Gasteiger partial charge in [0.15, 0.2) is 5.11 Å². The summed E-state index contributed by atoms with van der Waals surface area (Å²) in [5.74, 6) is -0.0985. The minimum atomic E-state index is -0.0985. The second-order valence-corrected chi connectivity index (χ2v) is 5.84. The molecule has 0 saturated carbocycles. The fraction of sp³-hybridized carbons (Fsp3) is 0.222. The molecule has 2 aromatic rings. The molecule has 120 valence electrons. The zero-order valence-electron chi connectivity index (χ0n) is 13.3. The van der Waals surface area contributed by atoms with Crippen LogP contribution in [0.2, 0.25) is 0 Å². The number of hydrogen-bond acceptors (Lipinski definition) is 2. The number of nitrogens with one attached hydrogen (secondary N) is 3. The summed E-state index contributed by atoms with van der Waals surface area (Å²) in [6.45, 7) is 4.05. The number of anilines is 1. The van der Waals surface area contributed by atoms with Gasteiger partial charge in [-0.05, 0) is 49.7 Å². The number of rotatable bonds is 4. The van der Waals surface area contributed by atoms with Crippen molar-refractivity contribution in [3.8, 4) is 0 Å². The van der Waals surface area contributed by atoms with E-state index in [-0.39, 0.29) is 5.91 Å². The van der Waals surface area contributed by atoms with Crippen LogP contribution < -0.4 is 16.2 Å². The summed E-state index contributed by atoms with van der Waals surface area (Å²) in [6.07, 6.45) is 1.11. The Kier molecular flexibility index (Phi) is 6.11. The Bertz CT molecular complexity index is 686. The molecule has 5 heteroatoms. The predicted octanol–water partition coefficient (Wildman–Crippen LogP) is 3.25. The van der Waals surface area contributed by atoms with E-state index in [1.165, 1.54) is 5.56 Å². The van der Waals surface area contributed by atoms with Gasteiger partial charge in [0.2, 0.25) is 5.91 Å². The van der Waals surface area contributed by atoms with E-state index in [9.17, 15) is 4.79 Å². The van der Waals surface area contributed by atoms with Gasteiger partial charge in [-0.3, -0.25) is 15.6 Å². The van der Waals surface area contributed by atoms with E-state index in [1.807, 2.05) is 56.3 Å². The highest BCUT2D eigenvalue weighted by Crippen LogP contribution is 2.15. The molecule has 2 rings (SSSR count). The monoisotopic (exact) mass is 327 g/mol. The molecule has 0 spiro atoms. The molecule has 0 atom stereocenters.